The Morgan fingerprint density at radius 3 is 2.30 bits per heavy atom. The van der Waals surface area contributed by atoms with Crippen LogP contribution in [0, 0.1) is 5.82 Å². The maximum absolute atomic E-state index is 12.8. The topological polar surface area (TPSA) is 93.7 Å². The van der Waals surface area contributed by atoms with Crippen LogP contribution in [0.25, 0.3) is 6.08 Å². The molecule has 8 heteroatoms. The van der Waals surface area contributed by atoms with Gasteiger partial charge in [-0.3, -0.25) is 20.4 Å². The van der Waals surface area contributed by atoms with E-state index in [2.05, 4.69) is 10.9 Å². The Hall–Kier alpha value is -3.68. The molecule has 0 heterocycles. The molecule has 2 aromatic rings. The number of esters is 1. The van der Waals surface area contributed by atoms with Gasteiger partial charge in [0.1, 0.15) is 11.6 Å². The SMILES string of the molecule is COc1ccc(C(=O)NNC(=O)COC(=O)/C=C/c2ccc(F)cc2)cc1. The molecule has 0 fully saturated rings. The molecule has 2 aromatic carbocycles. The van der Waals surface area contributed by atoms with Crippen molar-refractivity contribution >= 4 is 23.9 Å². The van der Waals surface area contributed by atoms with Crippen molar-refractivity contribution in [2.45, 2.75) is 0 Å². The second-order valence-electron chi connectivity index (χ2n) is 5.22. The Kier molecular flexibility index (Phi) is 7.07. The maximum Gasteiger partial charge on any atom is 0.331 e. The normalized spacial score (nSPS) is 10.3. The van der Waals surface area contributed by atoms with E-state index in [0.717, 1.165) is 6.08 Å². The largest absolute Gasteiger partial charge is 0.497 e. The predicted octanol–water partition coefficient (Wildman–Crippen LogP) is 1.85. The third-order valence-corrected chi connectivity index (χ3v) is 3.30. The van der Waals surface area contributed by atoms with Crippen LogP contribution in [-0.4, -0.2) is 31.5 Å². The van der Waals surface area contributed by atoms with Crippen LogP contribution >= 0.6 is 0 Å². The summed E-state index contributed by atoms with van der Waals surface area (Å²) in [5.41, 5.74) is 5.25. The zero-order valence-electron chi connectivity index (χ0n) is 14.4. The minimum atomic E-state index is -0.754. The summed E-state index contributed by atoms with van der Waals surface area (Å²) in [4.78, 5) is 35.0. The minimum Gasteiger partial charge on any atom is -0.497 e. The van der Waals surface area contributed by atoms with Crippen molar-refractivity contribution in [3.63, 3.8) is 0 Å². The Bertz CT molecular complexity index is 832. The molecule has 2 N–H and O–H groups in total. The van der Waals surface area contributed by atoms with Crippen LogP contribution in [0.4, 0.5) is 4.39 Å². The van der Waals surface area contributed by atoms with E-state index in [0.29, 0.717) is 16.9 Å². The number of hydrogen-bond donors (Lipinski definition) is 2. The summed E-state index contributed by atoms with van der Waals surface area (Å²) in [6, 6.07) is 11.7. The van der Waals surface area contributed by atoms with Gasteiger partial charge in [0.25, 0.3) is 11.8 Å². The first kappa shape index (κ1) is 19.6. The highest BCUT2D eigenvalue weighted by Gasteiger charge is 2.09. The van der Waals surface area contributed by atoms with Crippen molar-refractivity contribution in [1.29, 1.82) is 0 Å². The Morgan fingerprint density at radius 2 is 1.67 bits per heavy atom. The van der Waals surface area contributed by atoms with Gasteiger partial charge in [0.05, 0.1) is 7.11 Å². The van der Waals surface area contributed by atoms with E-state index in [4.69, 9.17) is 9.47 Å². The van der Waals surface area contributed by atoms with Gasteiger partial charge in [-0.1, -0.05) is 12.1 Å². The van der Waals surface area contributed by atoms with Gasteiger partial charge in [-0.25, -0.2) is 9.18 Å². The van der Waals surface area contributed by atoms with Crippen molar-refractivity contribution in [2.75, 3.05) is 13.7 Å². The number of benzene rings is 2. The zero-order valence-corrected chi connectivity index (χ0v) is 14.4. The number of ether oxygens (including phenoxy) is 2. The molecule has 0 unspecified atom stereocenters. The molecule has 0 aliphatic rings. The first-order valence-corrected chi connectivity index (χ1v) is 7.81. The lowest BCUT2D eigenvalue weighted by Crippen LogP contribution is -2.43. The van der Waals surface area contributed by atoms with Gasteiger partial charge in [0.15, 0.2) is 6.61 Å². The molecule has 7 nitrogen and oxygen atoms in total. The quantitative estimate of drug-likeness (QED) is 0.459. The molecule has 2 rings (SSSR count). The van der Waals surface area contributed by atoms with E-state index in [9.17, 15) is 18.8 Å². The average Bonchev–Trinajstić information content (AvgIpc) is 2.70. The van der Waals surface area contributed by atoms with Crippen molar-refractivity contribution in [1.82, 2.24) is 10.9 Å². The molecular weight excluding hydrogens is 355 g/mol. The first-order valence-electron chi connectivity index (χ1n) is 7.81. The number of rotatable bonds is 6. The summed E-state index contributed by atoms with van der Waals surface area (Å²) in [6.45, 7) is -0.574. The molecule has 0 atom stereocenters. The lowest BCUT2D eigenvalue weighted by molar-refractivity contribution is -0.144. The number of halogens is 1. The number of carbonyl (C=O) groups is 3. The number of amides is 2. The van der Waals surface area contributed by atoms with Crippen LogP contribution in [0.2, 0.25) is 0 Å². The number of carbonyl (C=O) groups excluding carboxylic acids is 3. The van der Waals surface area contributed by atoms with Gasteiger partial charge in [-0.05, 0) is 48.0 Å². The lowest BCUT2D eigenvalue weighted by atomic mass is 10.2. The first-order chi connectivity index (χ1) is 13.0. The molecule has 0 radical (unpaired) electrons. The van der Waals surface area contributed by atoms with E-state index in [1.165, 1.54) is 49.6 Å². The fourth-order valence-electron chi connectivity index (χ4n) is 1.90. The molecule has 0 saturated heterocycles. The van der Waals surface area contributed by atoms with Gasteiger partial charge >= 0.3 is 5.97 Å². The third kappa shape index (κ3) is 6.62. The van der Waals surface area contributed by atoms with Gasteiger partial charge in [-0.2, -0.15) is 0 Å². The van der Waals surface area contributed by atoms with Crippen molar-refractivity contribution < 1.29 is 28.2 Å². The van der Waals surface area contributed by atoms with Gasteiger partial charge in [0, 0.05) is 11.6 Å². The Balaban J connectivity index is 1.72. The Morgan fingerprint density at radius 1 is 1.00 bits per heavy atom. The second-order valence-corrected chi connectivity index (χ2v) is 5.22. The molecule has 0 saturated carbocycles. The minimum absolute atomic E-state index is 0.315. The molecule has 0 aliphatic carbocycles. The zero-order chi connectivity index (χ0) is 19.6. The van der Waals surface area contributed by atoms with E-state index in [1.54, 1.807) is 12.1 Å². The Labute approximate surface area is 154 Å². The summed E-state index contributed by atoms with van der Waals surface area (Å²) in [5, 5.41) is 0. The number of hydrogen-bond acceptors (Lipinski definition) is 5. The second kappa shape index (κ2) is 9.71. The molecule has 0 aliphatic heterocycles. The number of hydrazine groups is 1. The van der Waals surface area contributed by atoms with Crippen molar-refractivity contribution in [2.24, 2.45) is 0 Å². The van der Waals surface area contributed by atoms with Crippen molar-refractivity contribution in [3.8, 4) is 5.75 Å². The standard InChI is InChI=1S/C19H17FN2O5/c1-26-16-9-5-14(6-10-16)19(25)22-21-17(23)12-27-18(24)11-4-13-2-7-15(20)8-3-13/h2-11H,12H2,1H3,(H,21,23)(H,22,25)/b11-4+. The van der Waals surface area contributed by atoms with E-state index in [-0.39, 0.29) is 5.82 Å². The number of methoxy groups -OCH3 is 1. The average molecular weight is 372 g/mol. The molecule has 2 amide bonds. The highest BCUT2D eigenvalue weighted by atomic mass is 19.1. The summed E-state index contributed by atoms with van der Waals surface area (Å²) < 4.78 is 22.5. The molecule has 0 bridgehead atoms. The monoisotopic (exact) mass is 372 g/mol. The molecule has 0 spiro atoms. The smallest absolute Gasteiger partial charge is 0.331 e. The van der Waals surface area contributed by atoms with Crippen molar-refractivity contribution in [3.05, 3.63) is 71.6 Å². The summed E-state index contributed by atoms with van der Waals surface area (Å²) >= 11 is 0. The maximum atomic E-state index is 12.8. The highest BCUT2D eigenvalue weighted by molar-refractivity contribution is 5.96. The van der Waals surface area contributed by atoms with Crippen LogP contribution in [0.3, 0.4) is 0 Å². The summed E-state index contributed by atoms with van der Waals surface area (Å²) in [5.74, 6) is -1.79. The summed E-state index contributed by atoms with van der Waals surface area (Å²) in [7, 11) is 1.51. The molecule has 27 heavy (non-hydrogen) atoms. The van der Waals surface area contributed by atoms with Crippen LogP contribution in [0.1, 0.15) is 15.9 Å². The fraction of sp³-hybridized carbons (Fsp3) is 0.105. The van der Waals surface area contributed by atoms with E-state index in [1.807, 2.05) is 0 Å². The molecule has 140 valence electrons. The van der Waals surface area contributed by atoms with Crippen LogP contribution in [-0.2, 0) is 14.3 Å². The predicted molar refractivity (Wildman–Crippen MR) is 95.0 cm³/mol. The van der Waals surface area contributed by atoms with Gasteiger partial charge in [-0.15, -0.1) is 0 Å². The van der Waals surface area contributed by atoms with E-state index < -0.39 is 24.4 Å². The fourth-order valence-corrected chi connectivity index (χ4v) is 1.90. The van der Waals surface area contributed by atoms with E-state index >= 15 is 0 Å². The van der Waals surface area contributed by atoms with Gasteiger partial charge in [0.2, 0.25) is 0 Å². The van der Waals surface area contributed by atoms with Crippen LogP contribution in [0.5, 0.6) is 5.75 Å². The number of nitrogens with one attached hydrogen (secondary N) is 2. The van der Waals surface area contributed by atoms with Crippen LogP contribution in [0.15, 0.2) is 54.6 Å². The highest BCUT2D eigenvalue weighted by Crippen LogP contribution is 2.10. The molecule has 0 aromatic heterocycles. The summed E-state index contributed by atoms with van der Waals surface area (Å²) in [6.07, 6.45) is 2.53. The molecular formula is C19H17FN2O5. The van der Waals surface area contributed by atoms with Crippen LogP contribution < -0.4 is 15.6 Å². The third-order valence-electron chi connectivity index (χ3n) is 3.30. The lowest BCUT2D eigenvalue weighted by Gasteiger charge is -2.08. The van der Waals surface area contributed by atoms with Gasteiger partial charge < -0.3 is 9.47 Å².